The summed E-state index contributed by atoms with van der Waals surface area (Å²) in [5.41, 5.74) is 1.62. The molecule has 19 heavy (non-hydrogen) atoms. The number of hydrogen-bond acceptors (Lipinski definition) is 3. The van der Waals surface area contributed by atoms with Crippen LogP contribution in [0.2, 0.25) is 0 Å². The lowest BCUT2D eigenvalue weighted by molar-refractivity contribution is 0.199. The quantitative estimate of drug-likeness (QED) is 0.886. The highest BCUT2D eigenvalue weighted by Gasteiger charge is 2.37. The molecule has 1 aromatic rings. The molecule has 0 aromatic carbocycles. The summed E-state index contributed by atoms with van der Waals surface area (Å²) in [6.07, 6.45) is 9.75. The van der Waals surface area contributed by atoms with Gasteiger partial charge in [-0.25, -0.2) is 4.98 Å². The van der Waals surface area contributed by atoms with E-state index in [1.165, 1.54) is 38.5 Å². The highest BCUT2D eigenvalue weighted by molar-refractivity contribution is 5.42. The van der Waals surface area contributed by atoms with Gasteiger partial charge in [-0.05, 0) is 55.7 Å². The lowest BCUT2D eigenvalue weighted by Crippen LogP contribution is -2.39. The number of rotatable bonds is 2. The highest BCUT2D eigenvalue weighted by Crippen LogP contribution is 2.46. The second kappa shape index (κ2) is 5.12. The van der Waals surface area contributed by atoms with E-state index in [1.807, 2.05) is 25.3 Å². The van der Waals surface area contributed by atoms with Crippen molar-refractivity contribution in [1.82, 2.24) is 4.98 Å². The molecular formula is C16H24N2O. The largest absolute Gasteiger partial charge is 0.389 e. The van der Waals surface area contributed by atoms with Gasteiger partial charge in [0.05, 0.1) is 6.10 Å². The van der Waals surface area contributed by atoms with Gasteiger partial charge < -0.3 is 10.0 Å². The highest BCUT2D eigenvalue weighted by atomic mass is 16.3. The van der Waals surface area contributed by atoms with Crippen LogP contribution in [0.4, 0.5) is 5.82 Å². The summed E-state index contributed by atoms with van der Waals surface area (Å²) < 4.78 is 0. The van der Waals surface area contributed by atoms with E-state index < -0.39 is 6.10 Å². The first kappa shape index (κ1) is 12.9. The van der Waals surface area contributed by atoms with Crippen LogP contribution < -0.4 is 4.90 Å². The van der Waals surface area contributed by atoms with Gasteiger partial charge in [0, 0.05) is 19.3 Å². The third kappa shape index (κ3) is 2.62. The number of nitrogens with zero attached hydrogens (tertiary/aromatic N) is 2. The van der Waals surface area contributed by atoms with Gasteiger partial charge in [0.15, 0.2) is 0 Å². The molecule has 3 nitrogen and oxygen atoms in total. The number of hydrogen-bond donors (Lipinski definition) is 1. The van der Waals surface area contributed by atoms with Gasteiger partial charge in [0.1, 0.15) is 5.82 Å². The van der Waals surface area contributed by atoms with Crippen LogP contribution in [0.3, 0.4) is 0 Å². The molecule has 3 heteroatoms. The van der Waals surface area contributed by atoms with E-state index in [2.05, 4.69) is 9.88 Å². The normalized spacial score (nSPS) is 23.8. The number of anilines is 1. The van der Waals surface area contributed by atoms with Gasteiger partial charge in [-0.15, -0.1) is 0 Å². The molecule has 1 N–H and O–H groups in total. The monoisotopic (exact) mass is 260 g/mol. The van der Waals surface area contributed by atoms with E-state index >= 15 is 0 Å². The van der Waals surface area contributed by atoms with Crippen molar-refractivity contribution >= 4 is 5.82 Å². The Balaban J connectivity index is 1.69. The maximum Gasteiger partial charge on any atom is 0.128 e. The SMILES string of the molecule is C[C@@H](O)c1ccnc(N2CCC3(CCCC3)CC2)c1. The lowest BCUT2D eigenvalue weighted by atomic mass is 9.77. The maximum atomic E-state index is 9.67. The second-order valence-corrected chi connectivity index (χ2v) is 6.32. The lowest BCUT2D eigenvalue weighted by Gasteiger charge is -2.40. The number of aliphatic hydroxyl groups excluding tert-OH is 1. The molecule has 2 heterocycles. The van der Waals surface area contributed by atoms with E-state index in [9.17, 15) is 5.11 Å². The van der Waals surface area contributed by atoms with Crippen molar-refractivity contribution in [3.05, 3.63) is 23.9 Å². The topological polar surface area (TPSA) is 36.4 Å². The van der Waals surface area contributed by atoms with Crippen molar-refractivity contribution in [2.45, 2.75) is 51.6 Å². The molecule has 0 radical (unpaired) electrons. The van der Waals surface area contributed by atoms with Gasteiger partial charge in [-0.2, -0.15) is 0 Å². The molecule has 0 amide bonds. The zero-order valence-corrected chi connectivity index (χ0v) is 11.8. The van der Waals surface area contributed by atoms with Crippen LogP contribution in [0.5, 0.6) is 0 Å². The summed E-state index contributed by atoms with van der Waals surface area (Å²) in [7, 11) is 0. The molecule has 1 atom stereocenters. The molecule has 1 aliphatic carbocycles. The molecule has 3 rings (SSSR count). The summed E-state index contributed by atoms with van der Waals surface area (Å²) in [6, 6.07) is 3.94. The van der Waals surface area contributed by atoms with Crippen molar-refractivity contribution in [3.8, 4) is 0 Å². The molecule has 1 aliphatic heterocycles. The van der Waals surface area contributed by atoms with Gasteiger partial charge >= 0.3 is 0 Å². The van der Waals surface area contributed by atoms with Crippen LogP contribution in [0, 0.1) is 5.41 Å². The predicted octanol–water partition coefficient (Wildman–Crippen LogP) is 3.30. The third-order valence-electron chi connectivity index (χ3n) is 5.06. The fourth-order valence-corrected chi connectivity index (χ4v) is 3.70. The fraction of sp³-hybridized carbons (Fsp3) is 0.688. The van der Waals surface area contributed by atoms with Crippen molar-refractivity contribution in [1.29, 1.82) is 0 Å². The molecule has 0 unspecified atom stereocenters. The Kier molecular flexibility index (Phi) is 3.48. The molecule has 1 saturated carbocycles. The first-order valence-corrected chi connectivity index (χ1v) is 7.58. The van der Waals surface area contributed by atoms with Gasteiger partial charge in [0.2, 0.25) is 0 Å². The van der Waals surface area contributed by atoms with Crippen molar-refractivity contribution in [2.75, 3.05) is 18.0 Å². The Morgan fingerprint density at radius 3 is 2.53 bits per heavy atom. The molecular weight excluding hydrogens is 236 g/mol. The average Bonchev–Trinajstić information content (AvgIpc) is 2.88. The second-order valence-electron chi connectivity index (χ2n) is 6.32. The van der Waals surface area contributed by atoms with Crippen LogP contribution >= 0.6 is 0 Å². The first-order valence-electron chi connectivity index (χ1n) is 7.58. The van der Waals surface area contributed by atoms with E-state index in [0.29, 0.717) is 5.41 Å². The molecule has 2 fully saturated rings. The van der Waals surface area contributed by atoms with Crippen LogP contribution in [0.25, 0.3) is 0 Å². The zero-order valence-electron chi connectivity index (χ0n) is 11.8. The number of pyridine rings is 1. The summed E-state index contributed by atoms with van der Waals surface area (Å²) in [6.45, 7) is 4.05. The van der Waals surface area contributed by atoms with E-state index in [0.717, 1.165) is 24.5 Å². The Morgan fingerprint density at radius 1 is 1.21 bits per heavy atom. The van der Waals surface area contributed by atoms with Crippen LogP contribution in [0.15, 0.2) is 18.3 Å². The first-order chi connectivity index (χ1) is 9.19. The fourth-order valence-electron chi connectivity index (χ4n) is 3.70. The van der Waals surface area contributed by atoms with E-state index in [4.69, 9.17) is 0 Å². The minimum absolute atomic E-state index is 0.410. The summed E-state index contributed by atoms with van der Waals surface area (Å²) in [5.74, 6) is 1.03. The Morgan fingerprint density at radius 2 is 1.89 bits per heavy atom. The predicted molar refractivity (Wildman–Crippen MR) is 77.2 cm³/mol. The van der Waals surface area contributed by atoms with Crippen LogP contribution in [0.1, 0.15) is 57.1 Å². The Hall–Kier alpha value is -1.09. The zero-order chi connectivity index (χ0) is 13.3. The molecule has 1 spiro atoms. The van der Waals surface area contributed by atoms with Crippen molar-refractivity contribution < 1.29 is 5.11 Å². The molecule has 2 aliphatic rings. The number of aromatic nitrogens is 1. The minimum atomic E-state index is -0.410. The standard InChI is InChI=1S/C16H24N2O/c1-13(19)14-4-9-17-15(12-14)18-10-7-16(8-11-18)5-2-3-6-16/h4,9,12-13,19H,2-3,5-8,10-11H2,1H3/t13-/m1/s1. The minimum Gasteiger partial charge on any atom is -0.389 e. The van der Waals surface area contributed by atoms with E-state index in [-0.39, 0.29) is 0 Å². The number of piperidine rings is 1. The van der Waals surface area contributed by atoms with Gasteiger partial charge in [-0.1, -0.05) is 12.8 Å². The maximum absolute atomic E-state index is 9.67. The van der Waals surface area contributed by atoms with E-state index in [1.54, 1.807) is 0 Å². The number of aliphatic hydroxyl groups is 1. The molecule has 1 saturated heterocycles. The molecule has 104 valence electrons. The summed E-state index contributed by atoms with van der Waals surface area (Å²) >= 11 is 0. The van der Waals surface area contributed by atoms with Crippen molar-refractivity contribution in [3.63, 3.8) is 0 Å². The average molecular weight is 260 g/mol. The molecule has 1 aromatic heterocycles. The summed E-state index contributed by atoms with van der Waals surface area (Å²) in [4.78, 5) is 6.86. The molecule has 0 bridgehead atoms. The Bertz CT molecular complexity index is 428. The van der Waals surface area contributed by atoms with Crippen molar-refractivity contribution in [2.24, 2.45) is 5.41 Å². The Labute approximate surface area is 115 Å². The van der Waals surface area contributed by atoms with Gasteiger partial charge in [0.25, 0.3) is 0 Å². The summed E-state index contributed by atoms with van der Waals surface area (Å²) in [5, 5.41) is 9.67. The van der Waals surface area contributed by atoms with Crippen LogP contribution in [-0.4, -0.2) is 23.2 Å². The third-order valence-corrected chi connectivity index (χ3v) is 5.06. The van der Waals surface area contributed by atoms with Gasteiger partial charge in [-0.3, -0.25) is 0 Å². The van der Waals surface area contributed by atoms with Crippen LogP contribution in [-0.2, 0) is 0 Å². The smallest absolute Gasteiger partial charge is 0.128 e.